The molecule has 8 rings (SSSR count). The zero-order valence-corrected chi connectivity index (χ0v) is 26.6. The molecule has 0 nitrogen and oxygen atoms in total. The molecule has 1 aliphatic carbocycles. The largest absolute Gasteiger partial charge is 0.0719 e. The van der Waals surface area contributed by atoms with Crippen LogP contribution in [-0.4, -0.2) is 0 Å². The first-order valence-corrected chi connectivity index (χ1v) is 16.6. The van der Waals surface area contributed by atoms with Gasteiger partial charge in [0.25, 0.3) is 0 Å². The first-order chi connectivity index (χ1) is 22.7. The van der Waals surface area contributed by atoms with Crippen molar-refractivity contribution in [2.45, 2.75) is 38.5 Å². The van der Waals surface area contributed by atoms with Crippen molar-refractivity contribution < 1.29 is 0 Å². The third kappa shape index (κ3) is 4.52. The smallest absolute Gasteiger partial charge is 0.0651 e. The fourth-order valence-electron chi connectivity index (χ4n) is 8.07. The zero-order chi connectivity index (χ0) is 31.1. The number of rotatable bonds is 7. The molecule has 1 atom stereocenters. The van der Waals surface area contributed by atoms with Crippen molar-refractivity contribution in [3.05, 3.63) is 202 Å². The van der Waals surface area contributed by atoms with E-state index < -0.39 is 5.41 Å². The number of benzene rings is 7. The van der Waals surface area contributed by atoms with Gasteiger partial charge in [0.05, 0.1) is 5.41 Å². The van der Waals surface area contributed by atoms with E-state index in [4.69, 9.17) is 0 Å². The van der Waals surface area contributed by atoms with Gasteiger partial charge in [0.15, 0.2) is 0 Å². The molecule has 0 radical (unpaired) electrons. The molecule has 0 aliphatic heterocycles. The van der Waals surface area contributed by atoms with E-state index in [2.05, 4.69) is 172 Å². The molecule has 0 bridgehead atoms. The van der Waals surface area contributed by atoms with Crippen LogP contribution in [0.3, 0.4) is 0 Å². The van der Waals surface area contributed by atoms with Gasteiger partial charge in [0, 0.05) is 0 Å². The van der Waals surface area contributed by atoms with Crippen LogP contribution in [0.1, 0.15) is 57.9 Å². The molecule has 0 N–H and O–H groups in total. The van der Waals surface area contributed by atoms with Crippen LogP contribution in [0.15, 0.2) is 158 Å². The first-order valence-electron chi connectivity index (χ1n) is 16.6. The number of hydrogen-bond acceptors (Lipinski definition) is 0. The van der Waals surface area contributed by atoms with Gasteiger partial charge in [-0.1, -0.05) is 159 Å². The van der Waals surface area contributed by atoms with Gasteiger partial charge in [-0.05, 0) is 109 Å². The Morgan fingerprint density at radius 1 is 0.478 bits per heavy atom. The molecule has 0 saturated carbocycles. The molecule has 0 amide bonds. The Hall–Kier alpha value is -5.20. The molecule has 0 fully saturated rings. The molecular weight excluding hydrogens is 553 g/mol. The van der Waals surface area contributed by atoms with Gasteiger partial charge in [-0.3, -0.25) is 0 Å². The summed E-state index contributed by atoms with van der Waals surface area (Å²) in [4.78, 5) is 0. The SMILES string of the molecule is CCCc1ccccc1C1(c2ccccc2C)c2cc3ccccc3cc2-c2c(-c3cccc(Cc4ccccc4)c3)cccc21. The van der Waals surface area contributed by atoms with E-state index in [0.717, 1.165) is 19.3 Å². The second kappa shape index (κ2) is 11.6. The Balaban J connectivity index is 1.47. The minimum atomic E-state index is -0.441. The monoisotopic (exact) mass is 590 g/mol. The highest BCUT2D eigenvalue weighted by Crippen LogP contribution is 2.60. The molecule has 0 aromatic heterocycles. The lowest BCUT2D eigenvalue weighted by atomic mass is 9.64. The minimum Gasteiger partial charge on any atom is -0.0651 e. The van der Waals surface area contributed by atoms with Crippen LogP contribution in [0.4, 0.5) is 0 Å². The maximum absolute atomic E-state index is 2.50. The van der Waals surface area contributed by atoms with Crippen molar-refractivity contribution in [3.8, 4) is 22.3 Å². The second-order valence-electron chi connectivity index (χ2n) is 12.8. The molecular formula is C46H38. The van der Waals surface area contributed by atoms with Crippen molar-refractivity contribution in [2.75, 3.05) is 0 Å². The number of aryl methyl sites for hydroxylation is 2. The fourth-order valence-corrected chi connectivity index (χ4v) is 8.07. The highest BCUT2D eigenvalue weighted by Gasteiger charge is 2.48. The van der Waals surface area contributed by atoms with Gasteiger partial charge in [0.1, 0.15) is 0 Å². The topological polar surface area (TPSA) is 0 Å². The molecule has 0 saturated heterocycles. The maximum atomic E-state index is 2.50. The van der Waals surface area contributed by atoms with Gasteiger partial charge in [-0.2, -0.15) is 0 Å². The molecule has 7 aromatic carbocycles. The van der Waals surface area contributed by atoms with Crippen molar-refractivity contribution in [2.24, 2.45) is 0 Å². The van der Waals surface area contributed by atoms with Gasteiger partial charge in [-0.15, -0.1) is 0 Å². The lowest BCUT2D eigenvalue weighted by molar-refractivity contribution is 0.740. The molecule has 0 heteroatoms. The van der Waals surface area contributed by atoms with E-state index in [1.807, 2.05) is 0 Å². The molecule has 1 aliphatic rings. The minimum absolute atomic E-state index is 0.441. The zero-order valence-electron chi connectivity index (χ0n) is 26.6. The van der Waals surface area contributed by atoms with E-state index in [9.17, 15) is 0 Å². The van der Waals surface area contributed by atoms with E-state index in [0.29, 0.717) is 0 Å². The lowest BCUT2D eigenvalue weighted by Gasteiger charge is -2.37. The van der Waals surface area contributed by atoms with Crippen molar-refractivity contribution in [1.29, 1.82) is 0 Å². The van der Waals surface area contributed by atoms with E-state index in [1.165, 1.54) is 77.5 Å². The third-order valence-corrected chi connectivity index (χ3v) is 10.0. The van der Waals surface area contributed by atoms with E-state index >= 15 is 0 Å². The maximum Gasteiger partial charge on any atom is 0.0719 e. The molecule has 0 heterocycles. The lowest BCUT2D eigenvalue weighted by Crippen LogP contribution is -2.31. The average Bonchev–Trinajstić information content (AvgIpc) is 3.38. The molecule has 0 spiro atoms. The van der Waals surface area contributed by atoms with Crippen LogP contribution in [0.2, 0.25) is 0 Å². The molecule has 7 aromatic rings. The summed E-state index contributed by atoms with van der Waals surface area (Å²) in [6.07, 6.45) is 3.07. The predicted octanol–water partition coefficient (Wildman–Crippen LogP) is 11.7. The Morgan fingerprint density at radius 2 is 1.13 bits per heavy atom. The molecule has 46 heavy (non-hydrogen) atoms. The van der Waals surface area contributed by atoms with Crippen LogP contribution in [0.25, 0.3) is 33.0 Å². The van der Waals surface area contributed by atoms with E-state index in [-0.39, 0.29) is 0 Å². The Labute approximate surface area is 273 Å². The Morgan fingerprint density at radius 3 is 1.93 bits per heavy atom. The van der Waals surface area contributed by atoms with Gasteiger partial charge in [-0.25, -0.2) is 0 Å². The summed E-state index contributed by atoms with van der Waals surface area (Å²) >= 11 is 0. The standard InChI is InChI=1S/C46H38/c1-3-15-35-20-10-12-26-42(35)46(41-25-11-7-16-32(41)2)43-27-14-24-39(38-23-13-19-34(29-38)28-33-17-5-4-6-18-33)45(43)40-30-36-21-8-9-22-37(36)31-44(40)46/h4-14,16-27,29-31H,3,15,28H2,1-2H3. The van der Waals surface area contributed by atoms with Crippen LogP contribution < -0.4 is 0 Å². The van der Waals surface area contributed by atoms with Gasteiger partial charge in [0.2, 0.25) is 0 Å². The summed E-state index contributed by atoms with van der Waals surface area (Å²) in [5, 5.41) is 2.56. The van der Waals surface area contributed by atoms with Gasteiger partial charge >= 0.3 is 0 Å². The van der Waals surface area contributed by atoms with Crippen LogP contribution in [0, 0.1) is 6.92 Å². The second-order valence-corrected chi connectivity index (χ2v) is 12.8. The Kier molecular flexibility index (Phi) is 7.15. The predicted molar refractivity (Wildman–Crippen MR) is 195 cm³/mol. The van der Waals surface area contributed by atoms with Crippen LogP contribution >= 0.6 is 0 Å². The summed E-state index contributed by atoms with van der Waals surface area (Å²) in [6, 6.07) is 59.1. The first kappa shape index (κ1) is 28.3. The average molecular weight is 591 g/mol. The van der Waals surface area contributed by atoms with Crippen molar-refractivity contribution in [1.82, 2.24) is 0 Å². The van der Waals surface area contributed by atoms with Crippen LogP contribution in [-0.2, 0) is 18.3 Å². The fraction of sp³-hybridized carbons (Fsp3) is 0.130. The third-order valence-electron chi connectivity index (χ3n) is 10.0. The summed E-state index contributed by atoms with van der Waals surface area (Å²) in [7, 11) is 0. The summed E-state index contributed by atoms with van der Waals surface area (Å²) in [5.41, 5.74) is 15.8. The highest BCUT2D eigenvalue weighted by atomic mass is 14.5. The van der Waals surface area contributed by atoms with Crippen molar-refractivity contribution in [3.63, 3.8) is 0 Å². The highest BCUT2D eigenvalue weighted by molar-refractivity contribution is 6.01. The normalized spacial score (nSPS) is 15.1. The summed E-state index contributed by atoms with van der Waals surface area (Å²) in [6.45, 7) is 4.58. The summed E-state index contributed by atoms with van der Waals surface area (Å²) < 4.78 is 0. The van der Waals surface area contributed by atoms with Crippen molar-refractivity contribution >= 4 is 10.8 Å². The number of fused-ring (bicyclic) bond motifs is 4. The molecule has 222 valence electrons. The van der Waals surface area contributed by atoms with Gasteiger partial charge < -0.3 is 0 Å². The quantitative estimate of drug-likeness (QED) is 0.173. The van der Waals surface area contributed by atoms with Crippen LogP contribution in [0.5, 0.6) is 0 Å². The van der Waals surface area contributed by atoms with E-state index in [1.54, 1.807) is 0 Å². The Bertz CT molecular complexity index is 2200. The summed E-state index contributed by atoms with van der Waals surface area (Å²) in [5.74, 6) is 0. The molecule has 1 unspecified atom stereocenters. The number of hydrogen-bond donors (Lipinski definition) is 0.